The molecule has 64 heavy (non-hydrogen) atoms. The summed E-state index contributed by atoms with van der Waals surface area (Å²) in [7, 11) is 0. The molecule has 17 nitrogen and oxygen atoms in total. The predicted molar refractivity (Wildman–Crippen MR) is 226 cm³/mol. The largest absolute Gasteiger partial charge is 0.477 e. The number of nitrogens with zero attached hydrogens (tertiary/aromatic N) is 6. The van der Waals surface area contributed by atoms with Crippen LogP contribution in [0.25, 0.3) is 11.4 Å². The molecule has 8 rings (SSSR count). The van der Waals surface area contributed by atoms with Crippen LogP contribution in [0.5, 0.6) is 0 Å². The third-order valence-electron chi connectivity index (χ3n) is 12.7. The molecule has 3 aromatic heterocycles. The number of rotatable bonds is 14. The first kappa shape index (κ1) is 44.9. The average molecular weight is 914 g/mol. The number of hydrogen-bond donors (Lipinski definition) is 7. The summed E-state index contributed by atoms with van der Waals surface area (Å²) in [5.41, 5.74) is 0.146. The van der Waals surface area contributed by atoms with E-state index in [0.717, 1.165) is 19.6 Å². The van der Waals surface area contributed by atoms with E-state index >= 15 is 0 Å². The number of carboxylic acid groups (broad SMARTS) is 1. The van der Waals surface area contributed by atoms with Gasteiger partial charge in [0, 0.05) is 113 Å². The van der Waals surface area contributed by atoms with Gasteiger partial charge in [0.05, 0.1) is 53.5 Å². The fourth-order valence-electron chi connectivity index (χ4n) is 9.15. The SMILES string of the molecule is O=C(O)C[N+]1(CC2CNC2)CCC(C(=O)N2CCN(C(=O)c3ccc(NC(=O)c4ncc(Cc5c(C(F)(F)F)n[nH]c5-c5ccc(NC[C@@H]6C[C@H](F)CN6)cn5)[nH]4)cc3Cl)CC2)CC1. The minimum atomic E-state index is -4.79. The van der Waals surface area contributed by atoms with Gasteiger partial charge in [-0.05, 0) is 36.8 Å². The van der Waals surface area contributed by atoms with Crippen LogP contribution in [0, 0.1) is 11.8 Å². The molecule has 22 heteroatoms. The number of halogens is 5. The van der Waals surface area contributed by atoms with Crippen molar-refractivity contribution in [2.45, 2.75) is 44.1 Å². The molecule has 1 aromatic carbocycles. The number of likely N-dealkylation sites (tertiary alicyclic amines) is 1. The van der Waals surface area contributed by atoms with Crippen molar-refractivity contribution < 1.29 is 46.3 Å². The van der Waals surface area contributed by atoms with Crippen molar-refractivity contribution in [3.05, 3.63) is 76.1 Å². The molecule has 7 N–H and O–H groups in total. The molecule has 7 heterocycles. The molecule has 0 radical (unpaired) electrons. The fourth-order valence-corrected chi connectivity index (χ4v) is 9.41. The van der Waals surface area contributed by atoms with Gasteiger partial charge >= 0.3 is 12.1 Å². The maximum atomic E-state index is 14.1. The van der Waals surface area contributed by atoms with E-state index < -0.39 is 29.9 Å². The first-order chi connectivity index (χ1) is 30.6. The Morgan fingerprint density at radius 1 is 0.953 bits per heavy atom. The summed E-state index contributed by atoms with van der Waals surface area (Å²) < 4.78 is 56.3. The van der Waals surface area contributed by atoms with Crippen molar-refractivity contribution in [1.82, 2.24) is 45.6 Å². The highest BCUT2D eigenvalue weighted by Crippen LogP contribution is 2.36. The number of amides is 3. The molecule has 0 bridgehead atoms. The number of nitrogens with one attached hydrogen (secondary N) is 6. The number of quaternary nitrogens is 1. The summed E-state index contributed by atoms with van der Waals surface area (Å²) in [6.07, 6.45) is -1.67. The Morgan fingerprint density at radius 3 is 2.31 bits per heavy atom. The van der Waals surface area contributed by atoms with Crippen molar-refractivity contribution in [3.8, 4) is 11.4 Å². The Bertz CT molecular complexity index is 2340. The number of carbonyl (C=O) groups is 4. The Balaban J connectivity index is 0.841. The second kappa shape index (κ2) is 18.8. The van der Waals surface area contributed by atoms with Crippen LogP contribution >= 0.6 is 11.6 Å². The Labute approximate surface area is 370 Å². The molecular formula is C42H50ClF4N12O5+. The second-order valence-corrected chi connectivity index (χ2v) is 17.6. The molecule has 0 saturated carbocycles. The Kier molecular flexibility index (Phi) is 13.2. The molecule has 0 unspecified atom stereocenters. The van der Waals surface area contributed by atoms with Crippen LogP contribution in [0.3, 0.4) is 0 Å². The van der Waals surface area contributed by atoms with E-state index in [0.29, 0.717) is 81.2 Å². The molecule has 3 amide bonds. The van der Waals surface area contributed by atoms with E-state index in [-0.39, 0.29) is 88.0 Å². The summed E-state index contributed by atoms with van der Waals surface area (Å²) in [4.78, 5) is 66.6. The highest BCUT2D eigenvalue weighted by molar-refractivity contribution is 6.34. The van der Waals surface area contributed by atoms with Crippen LogP contribution < -0.4 is 21.3 Å². The summed E-state index contributed by atoms with van der Waals surface area (Å²) in [6, 6.07) is 7.54. The molecule has 4 aliphatic rings. The molecule has 0 aliphatic carbocycles. The quantitative estimate of drug-likeness (QED) is 0.0717. The van der Waals surface area contributed by atoms with Gasteiger partial charge in [-0.25, -0.2) is 14.2 Å². The number of aromatic nitrogens is 5. The number of anilines is 2. The zero-order valence-corrected chi connectivity index (χ0v) is 35.6. The molecule has 342 valence electrons. The van der Waals surface area contributed by atoms with Gasteiger partial charge in [-0.2, -0.15) is 18.3 Å². The van der Waals surface area contributed by atoms with Crippen LogP contribution in [0.1, 0.15) is 57.2 Å². The van der Waals surface area contributed by atoms with E-state index in [1.165, 1.54) is 30.6 Å². The molecule has 4 saturated heterocycles. The number of aromatic amines is 2. The number of hydrogen-bond acceptors (Lipinski definition) is 10. The van der Waals surface area contributed by atoms with E-state index in [9.17, 15) is 41.8 Å². The van der Waals surface area contributed by atoms with E-state index in [1.807, 2.05) is 0 Å². The summed E-state index contributed by atoms with van der Waals surface area (Å²) in [5.74, 6) is -1.75. The van der Waals surface area contributed by atoms with Crippen molar-refractivity contribution in [1.29, 1.82) is 0 Å². The number of carbonyl (C=O) groups excluding carboxylic acids is 3. The monoisotopic (exact) mass is 913 g/mol. The van der Waals surface area contributed by atoms with Gasteiger partial charge in [-0.15, -0.1) is 0 Å². The number of pyridine rings is 1. The van der Waals surface area contributed by atoms with Gasteiger partial charge in [0.15, 0.2) is 18.1 Å². The zero-order chi connectivity index (χ0) is 45.2. The van der Waals surface area contributed by atoms with Crippen LogP contribution in [0.4, 0.5) is 28.9 Å². The third-order valence-corrected chi connectivity index (χ3v) is 13.0. The average Bonchev–Trinajstić information content (AvgIpc) is 4.02. The van der Waals surface area contributed by atoms with Crippen LogP contribution in [0.15, 0.2) is 42.7 Å². The standard InChI is InChI=1S/C42H49ClF4N12O5/c43-33-15-27(1-3-31(33)41(64)58-9-7-57(8-10-58)40(63)25-5-11-59(12-6-25,23-35(60)61)22-24-16-48-17-24)54-39(62)38-52-21-30(53-38)14-32-36(55-56-37(32)42(45,46)47)34-4-2-28(19-51-34)50-20-29-13-26(44)18-49-29/h1-4,15,19,21,24-26,29,48-49H,5-14,16-18,20,22-23H2,(H4-,50,51,52,53,54,55,56,60,61,62,64)/p+1/t25?,26-,29-,59?/m0/s1. The molecule has 0 spiro atoms. The lowest BCUT2D eigenvalue weighted by Crippen LogP contribution is -2.62. The Hall–Kier alpha value is -5.64. The Morgan fingerprint density at radius 2 is 1.69 bits per heavy atom. The van der Waals surface area contributed by atoms with Gasteiger partial charge < -0.3 is 45.6 Å². The lowest BCUT2D eigenvalue weighted by molar-refractivity contribution is -0.929. The predicted octanol–water partition coefficient (Wildman–Crippen LogP) is 3.64. The zero-order valence-electron chi connectivity index (χ0n) is 34.8. The van der Waals surface area contributed by atoms with Crippen molar-refractivity contribution >= 4 is 46.7 Å². The maximum absolute atomic E-state index is 14.1. The number of imidazole rings is 1. The lowest BCUT2D eigenvalue weighted by atomic mass is 9.90. The summed E-state index contributed by atoms with van der Waals surface area (Å²) in [5, 5.41) is 27.8. The number of benzene rings is 1. The van der Waals surface area contributed by atoms with Gasteiger partial charge in [0.25, 0.3) is 11.8 Å². The van der Waals surface area contributed by atoms with Crippen LogP contribution in [0.2, 0.25) is 5.02 Å². The number of piperazine rings is 1. The minimum Gasteiger partial charge on any atom is -0.477 e. The minimum absolute atomic E-state index is 0.0324. The topological polar surface area (TPSA) is 213 Å². The van der Waals surface area contributed by atoms with Crippen molar-refractivity contribution in [3.63, 3.8) is 0 Å². The summed E-state index contributed by atoms with van der Waals surface area (Å²) in [6.45, 7) is 5.98. The number of alkyl halides is 4. The van der Waals surface area contributed by atoms with E-state index in [2.05, 4.69) is 46.4 Å². The highest BCUT2D eigenvalue weighted by atomic mass is 35.5. The van der Waals surface area contributed by atoms with Gasteiger partial charge in [-0.3, -0.25) is 24.5 Å². The molecule has 4 aromatic rings. The second-order valence-electron chi connectivity index (χ2n) is 17.2. The van der Waals surface area contributed by atoms with Crippen LogP contribution in [-0.4, -0.2) is 159 Å². The molecule has 2 atom stereocenters. The third kappa shape index (κ3) is 10.3. The molecule has 4 aliphatic heterocycles. The van der Waals surface area contributed by atoms with Gasteiger partial charge in [0.2, 0.25) is 5.91 Å². The smallest absolute Gasteiger partial charge is 0.435 e. The number of carboxylic acids is 1. The van der Waals surface area contributed by atoms with Crippen molar-refractivity contribution in [2.75, 3.05) is 89.2 Å². The van der Waals surface area contributed by atoms with Crippen LogP contribution in [-0.2, 0) is 22.2 Å². The fraction of sp³-hybridized carbons (Fsp3) is 0.500. The first-order valence-electron chi connectivity index (χ1n) is 21.4. The number of H-pyrrole nitrogens is 2. The summed E-state index contributed by atoms with van der Waals surface area (Å²) >= 11 is 6.56. The highest BCUT2D eigenvalue weighted by Gasteiger charge is 2.42. The lowest BCUT2D eigenvalue weighted by Gasteiger charge is -2.46. The van der Waals surface area contributed by atoms with Gasteiger partial charge in [-0.1, -0.05) is 11.6 Å². The number of aliphatic carboxylic acids is 1. The maximum Gasteiger partial charge on any atom is 0.435 e. The molecular weight excluding hydrogens is 864 g/mol. The van der Waals surface area contributed by atoms with Gasteiger partial charge in [0.1, 0.15) is 6.17 Å². The van der Waals surface area contributed by atoms with E-state index in [1.54, 1.807) is 21.9 Å². The first-order valence-corrected chi connectivity index (χ1v) is 21.7. The molecule has 4 fully saturated rings. The van der Waals surface area contributed by atoms with E-state index in [4.69, 9.17) is 11.6 Å². The van der Waals surface area contributed by atoms with Crippen molar-refractivity contribution in [2.24, 2.45) is 11.8 Å². The normalized spacial score (nSPS) is 22.9. The number of piperidine rings is 1.